The molecule has 4 heteroatoms. The molecule has 0 aromatic rings. The maximum atomic E-state index is 11.5. The van der Waals surface area contributed by atoms with Gasteiger partial charge >= 0.3 is 0 Å². The highest BCUT2D eigenvalue weighted by Gasteiger charge is 2.25. The molecule has 1 amide bonds. The largest absolute Gasteiger partial charge is 0.378 e. The van der Waals surface area contributed by atoms with Gasteiger partial charge in [-0.15, -0.1) is 0 Å². The predicted octanol–water partition coefficient (Wildman–Crippen LogP) is 1.45. The molecule has 0 aromatic carbocycles. The Morgan fingerprint density at radius 3 is 2.72 bits per heavy atom. The molecule has 0 aromatic heterocycles. The molecule has 2 fully saturated rings. The van der Waals surface area contributed by atoms with Gasteiger partial charge in [-0.05, 0) is 31.6 Å². The molecule has 18 heavy (non-hydrogen) atoms. The minimum Gasteiger partial charge on any atom is -0.378 e. The van der Waals surface area contributed by atoms with Crippen LogP contribution in [0.3, 0.4) is 0 Å². The quantitative estimate of drug-likeness (QED) is 0.754. The zero-order chi connectivity index (χ0) is 13.0. The molecule has 1 saturated carbocycles. The van der Waals surface area contributed by atoms with Crippen LogP contribution >= 0.6 is 0 Å². The number of hydrogen-bond donors (Lipinski definition) is 2. The summed E-state index contributed by atoms with van der Waals surface area (Å²) in [5.74, 6) is 0.769. The zero-order valence-corrected chi connectivity index (χ0v) is 11.6. The lowest BCUT2D eigenvalue weighted by Crippen LogP contribution is -2.42. The topological polar surface area (TPSA) is 50.4 Å². The van der Waals surface area contributed by atoms with Crippen LogP contribution in [-0.2, 0) is 9.53 Å². The van der Waals surface area contributed by atoms with Crippen LogP contribution in [0.2, 0.25) is 0 Å². The molecule has 0 spiro atoms. The van der Waals surface area contributed by atoms with Crippen molar-refractivity contribution in [2.24, 2.45) is 5.92 Å². The van der Waals surface area contributed by atoms with E-state index in [1.807, 2.05) is 0 Å². The molecule has 4 nitrogen and oxygen atoms in total. The Morgan fingerprint density at radius 1 is 1.28 bits per heavy atom. The summed E-state index contributed by atoms with van der Waals surface area (Å²) in [7, 11) is 0. The number of carbonyl (C=O) groups excluding carboxylic acids is 1. The van der Waals surface area contributed by atoms with Gasteiger partial charge in [-0.25, -0.2) is 0 Å². The Bertz CT molecular complexity index is 277. The smallest absolute Gasteiger partial charge is 0.221 e. The molecule has 0 radical (unpaired) electrons. The summed E-state index contributed by atoms with van der Waals surface area (Å²) in [6, 6.07) is 0.991. The number of ether oxygens (including phenoxy) is 1. The second-order valence-corrected chi connectivity index (χ2v) is 5.92. The van der Waals surface area contributed by atoms with Gasteiger partial charge in [-0.1, -0.05) is 13.8 Å². The first-order valence-corrected chi connectivity index (χ1v) is 7.29. The van der Waals surface area contributed by atoms with Gasteiger partial charge in [-0.3, -0.25) is 4.79 Å². The van der Waals surface area contributed by atoms with Crippen LogP contribution in [0.1, 0.15) is 46.0 Å². The van der Waals surface area contributed by atoms with Crippen LogP contribution in [-0.4, -0.2) is 37.2 Å². The summed E-state index contributed by atoms with van der Waals surface area (Å²) in [5, 5.41) is 6.51. The van der Waals surface area contributed by atoms with E-state index < -0.39 is 0 Å². The molecule has 2 N–H and O–H groups in total. The molecule has 1 heterocycles. The fourth-order valence-corrected chi connectivity index (χ4v) is 2.40. The van der Waals surface area contributed by atoms with Crippen LogP contribution in [0.15, 0.2) is 0 Å². The Kier molecular flexibility index (Phi) is 5.01. The minimum absolute atomic E-state index is 0.192. The molecular weight excluding hydrogens is 228 g/mol. The van der Waals surface area contributed by atoms with Crippen molar-refractivity contribution >= 4 is 5.91 Å². The summed E-state index contributed by atoms with van der Waals surface area (Å²) in [6.07, 6.45) is 5.43. The normalized spacial score (nSPS) is 28.4. The van der Waals surface area contributed by atoms with E-state index in [1.165, 1.54) is 0 Å². The lowest BCUT2D eigenvalue weighted by Gasteiger charge is -2.32. The Hall–Kier alpha value is -0.610. The fourth-order valence-electron chi connectivity index (χ4n) is 2.40. The highest BCUT2D eigenvalue weighted by atomic mass is 16.5. The summed E-state index contributed by atoms with van der Waals surface area (Å²) >= 11 is 0. The SMILES string of the molecule is CC(C)C1CC(NCCC(=O)NC2CC2)CCO1. The minimum atomic E-state index is 0.192. The van der Waals surface area contributed by atoms with Gasteiger partial charge in [0.15, 0.2) is 0 Å². The van der Waals surface area contributed by atoms with E-state index in [-0.39, 0.29) is 5.91 Å². The molecule has 1 saturated heterocycles. The van der Waals surface area contributed by atoms with E-state index in [9.17, 15) is 4.79 Å². The van der Waals surface area contributed by atoms with E-state index in [2.05, 4.69) is 24.5 Å². The van der Waals surface area contributed by atoms with Crippen LogP contribution < -0.4 is 10.6 Å². The first-order chi connectivity index (χ1) is 8.65. The van der Waals surface area contributed by atoms with Crippen molar-refractivity contribution in [3.8, 4) is 0 Å². The van der Waals surface area contributed by atoms with Crippen LogP contribution in [0.4, 0.5) is 0 Å². The van der Waals surface area contributed by atoms with Crippen molar-refractivity contribution in [3.63, 3.8) is 0 Å². The highest BCUT2D eigenvalue weighted by molar-refractivity contribution is 5.76. The third kappa shape index (κ3) is 4.58. The predicted molar refractivity (Wildman–Crippen MR) is 71.4 cm³/mol. The van der Waals surface area contributed by atoms with Crippen LogP contribution in [0.5, 0.6) is 0 Å². The van der Waals surface area contributed by atoms with E-state index in [4.69, 9.17) is 4.74 Å². The maximum absolute atomic E-state index is 11.5. The van der Waals surface area contributed by atoms with Gasteiger partial charge < -0.3 is 15.4 Å². The van der Waals surface area contributed by atoms with Gasteiger partial charge in [0.05, 0.1) is 6.10 Å². The molecule has 1 aliphatic carbocycles. The standard InChI is InChI=1S/C14H26N2O2/c1-10(2)13-9-12(6-8-18-13)15-7-5-14(17)16-11-3-4-11/h10-13,15H,3-9H2,1-2H3,(H,16,17). The summed E-state index contributed by atoms with van der Waals surface area (Å²) in [4.78, 5) is 11.5. The third-order valence-corrected chi connectivity index (χ3v) is 3.79. The number of amides is 1. The van der Waals surface area contributed by atoms with Gasteiger partial charge in [0.1, 0.15) is 0 Å². The van der Waals surface area contributed by atoms with E-state index >= 15 is 0 Å². The van der Waals surface area contributed by atoms with Crippen LogP contribution in [0, 0.1) is 5.92 Å². The van der Waals surface area contributed by atoms with Crippen molar-refractivity contribution in [1.29, 1.82) is 0 Å². The monoisotopic (exact) mass is 254 g/mol. The number of nitrogens with one attached hydrogen (secondary N) is 2. The van der Waals surface area contributed by atoms with Gasteiger partial charge in [0, 0.05) is 31.7 Å². The van der Waals surface area contributed by atoms with Crippen molar-refractivity contribution in [2.45, 2.75) is 64.1 Å². The highest BCUT2D eigenvalue weighted by Crippen LogP contribution is 2.20. The molecule has 0 bridgehead atoms. The number of hydrogen-bond acceptors (Lipinski definition) is 3. The Balaban J connectivity index is 1.58. The molecule has 2 unspecified atom stereocenters. The summed E-state index contributed by atoms with van der Waals surface area (Å²) < 4.78 is 5.74. The average molecular weight is 254 g/mol. The van der Waals surface area contributed by atoms with Crippen molar-refractivity contribution in [3.05, 3.63) is 0 Å². The van der Waals surface area contributed by atoms with Gasteiger partial charge in [0.25, 0.3) is 0 Å². The maximum Gasteiger partial charge on any atom is 0.221 e. The Morgan fingerprint density at radius 2 is 2.06 bits per heavy atom. The lowest BCUT2D eigenvalue weighted by atomic mass is 9.95. The van der Waals surface area contributed by atoms with Crippen molar-refractivity contribution in [1.82, 2.24) is 10.6 Å². The van der Waals surface area contributed by atoms with Gasteiger partial charge in [-0.2, -0.15) is 0 Å². The summed E-state index contributed by atoms with van der Waals surface area (Å²) in [6.45, 7) is 6.04. The molecule has 2 aliphatic rings. The first kappa shape index (κ1) is 13.8. The first-order valence-electron chi connectivity index (χ1n) is 7.29. The van der Waals surface area contributed by atoms with Crippen molar-refractivity contribution < 1.29 is 9.53 Å². The van der Waals surface area contributed by atoms with Crippen LogP contribution in [0.25, 0.3) is 0 Å². The van der Waals surface area contributed by atoms with E-state index in [0.29, 0.717) is 30.5 Å². The molecule has 2 atom stereocenters. The molecule has 1 aliphatic heterocycles. The summed E-state index contributed by atoms with van der Waals surface area (Å²) in [5.41, 5.74) is 0. The fraction of sp³-hybridized carbons (Fsp3) is 0.929. The zero-order valence-electron chi connectivity index (χ0n) is 11.6. The number of carbonyl (C=O) groups is 1. The van der Waals surface area contributed by atoms with Gasteiger partial charge in [0.2, 0.25) is 5.91 Å². The Labute approximate surface area is 110 Å². The average Bonchev–Trinajstić information content (AvgIpc) is 3.13. The van der Waals surface area contributed by atoms with E-state index in [1.54, 1.807) is 0 Å². The lowest BCUT2D eigenvalue weighted by molar-refractivity contribution is -0.121. The molecule has 104 valence electrons. The second-order valence-electron chi connectivity index (χ2n) is 5.92. The van der Waals surface area contributed by atoms with Crippen molar-refractivity contribution in [2.75, 3.05) is 13.2 Å². The third-order valence-electron chi connectivity index (χ3n) is 3.79. The second kappa shape index (κ2) is 6.53. The molecule has 2 rings (SSSR count). The number of rotatable bonds is 6. The van der Waals surface area contributed by atoms with E-state index in [0.717, 1.165) is 38.8 Å². The molecular formula is C14H26N2O2.